The van der Waals surface area contributed by atoms with Crippen LogP contribution in [0.3, 0.4) is 0 Å². The van der Waals surface area contributed by atoms with Crippen molar-refractivity contribution in [2.75, 3.05) is 18.0 Å². The molecule has 1 aromatic rings. The van der Waals surface area contributed by atoms with Gasteiger partial charge in [0.05, 0.1) is 0 Å². The minimum absolute atomic E-state index is 0.107. The van der Waals surface area contributed by atoms with Crippen LogP contribution in [0.4, 0.5) is 32.2 Å². The highest BCUT2D eigenvalue weighted by atomic mass is 35.5. The number of nitrogens with zero attached hydrogens (tertiary/aromatic N) is 3. The van der Waals surface area contributed by atoms with E-state index in [1.807, 2.05) is 0 Å². The topological polar surface area (TPSA) is 29.0 Å². The number of anilines is 1. The number of hydrogen-bond donors (Lipinski definition) is 0. The molecule has 0 saturated carbocycles. The molecule has 10 heteroatoms. The highest BCUT2D eigenvalue weighted by Gasteiger charge is 2.37. The molecule has 1 aromatic heterocycles. The predicted molar refractivity (Wildman–Crippen MR) is 60.6 cm³/mol. The molecule has 0 unspecified atom stereocenters. The molecule has 0 aliphatic rings. The molecule has 0 aliphatic heterocycles. The number of hydrogen-bond acceptors (Lipinski definition) is 3. The Morgan fingerprint density at radius 2 is 1.75 bits per heavy atom. The van der Waals surface area contributed by atoms with Gasteiger partial charge in [-0.2, -0.15) is 26.3 Å². The molecule has 0 aromatic carbocycles. The second kappa shape index (κ2) is 6.02. The van der Waals surface area contributed by atoms with Gasteiger partial charge in [-0.25, -0.2) is 9.97 Å². The van der Waals surface area contributed by atoms with Gasteiger partial charge < -0.3 is 4.90 Å². The Balaban J connectivity index is 3.16. The maximum Gasteiger partial charge on any atom is 0.451 e. The molecule has 1 heterocycles. The molecular formula is C10H10ClF6N3. The minimum Gasteiger partial charge on any atom is -0.347 e. The van der Waals surface area contributed by atoms with Crippen LogP contribution in [-0.2, 0) is 6.18 Å². The summed E-state index contributed by atoms with van der Waals surface area (Å²) in [4.78, 5) is 6.76. The first-order valence-electron chi connectivity index (χ1n) is 5.46. The van der Waals surface area contributed by atoms with E-state index in [0.717, 1.165) is 6.07 Å². The van der Waals surface area contributed by atoms with Crippen molar-refractivity contribution in [2.24, 2.45) is 0 Å². The maximum atomic E-state index is 12.5. The van der Waals surface area contributed by atoms with E-state index in [-0.39, 0.29) is 6.54 Å². The summed E-state index contributed by atoms with van der Waals surface area (Å²) < 4.78 is 74.8. The van der Waals surface area contributed by atoms with Gasteiger partial charge in [-0.05, 0) is 6.42 Å². The first kappa shape index (κ1) is 16.8. The van der Waals surface area contributed by atoms with Crippen LogP contribution in [0.2, 0.25) is 5.15 Å². The van der Waals surface area contributed by atoms with Crippen LogP contribution >= 0.6 is 11.6 Å². The van der Waals surface area contributed by atoms with Crippen molar-refractivity contribution < 1.29 is 26.3 Å². The summed E-state index contributed by atoms with van der Waals surface area (Å²) in [6.07, 6.45) is -9.14. The normalized spacial score (nSPS) is 12.6. The molecule has 0 radical (unpaired) electrons. The summed E-state index contributed by atoms with van der Waals surface area (Å²) in [6, 6.07) is 0.873. The Kier molecular flexibility index (Phi) is 5.06. The van der Waals surface area contributed by atoms with Gasteiger partial charge in [0.1, 0.15) is 17.5 Å². The summed E-state index contributed by atoms with van der Waals surface area (Å²) in [7, 11) is 0. The molecule has 0 saturated heterocycles. The molecule has 0 N–H and O–H groups in total. The van der Waals surface area contributed by atoms with Gasteiger partial charge in [0.15, 0.2) is 0 Å². The van der Waals surface area contributed by atoms with E-state index in [1.165, 1.54) is 0 Å². The number of aromatic nitrogens is 2. The maximum absolute atomic E-state index is 12.5. The van der Waals surface area contributed by atoms with E-state index in [2.05, 4.69) is 9.97 Å². The fourth-order valence-corrected chi connectivity index (χ4v) is 1.63. The highest BCUT2D eigenvalue weighted by molar-refractivity contribution is 6.29. The number of rotatable bonds is 4. The number of alkyl halides is 6. The second-order valence-corrected chi connectivity index (χ2v) is 4.29. The van der Waals surface area contributed by atoms with Gasteiger partial charge in [-0.15, -0.1) is 0 Å². The largest absolute Gasteiger partial charge is 0.451 e. The summed E-state index contributed by atoms with van der Waals surface area (Å²) in [6.45, 7) is 0.0759. The summed E-state index contributed by atoms with van der Waals surface area (Å²) in [5.74, 6) is -2.07. The predicted octanol–water partition coefficient (Wildman–Crippen LogP) is 3.93. The van der Waals surface area contributed by atoms with Crippen LogP contribution in [0.25, 0.3) is 0 Å². The fraction of sp³-hybridized carbons (Fsp3) is 0.600. The third kappa shape index (κ3) is 5.03. The Labute approximate surface area is 115 Å². The molecule has 20 heavy (non-hydrogen) atoms. The van der Waals surface area contributed by atoms with Crippen LogP contribution < -0.4 is 4.90 Å². The van der Waals surface area contributed by atoms with Gasteiger partial charge >= 0.3 is 12.4 Å². The fourth-order valence-electron chi connectivity index (χ4n) is 1.46. The quantitative estimate of drug-likeness (QED) is 0.621. The van der Waals surface area contributed by atoms with Crippen LogP contribution in [0.15, 0.2) is 6.07 Å². The minimum atomic E-state index is -4.88. The molecule has 0 amide bonds. The molecule has 1 rings (SSSR count). The smallest absolute Gasteiger partial charge is 0.347 e. The lowest BCUT2D eigenvalue weighted by Crippen LogP contribution is -2.35. The Hall–Kier alpha value is -1.25. The third-order valence-electron chi connectivity index (χ3n) is 2.12. The van der Waals surface area contributed by atoms with Crippen LogP contribution in [-0.4, -0.2) is 29.2 Å². The molecule has 0 spiro atoms. The standard InChI is InChI=1S/C10H10ClF6N3/c1-2-3-20(5-9(12,13)14)7-4-6(11)18-8(19-7)10(15,16)17/h4H,2-3,5H2,1H3. The van der Waals surface area contributed by atoms with Gasteiger partial charge in [0.2, 0.25) is 5.82 Å². The van der Waals surface area contributed by atoms with Crippen molar-refractivity contribution in [1.29, 1.82) is 0 Å². The lowest BCUT2D eigenvalue weighted by Gasteiger charge is -2.24. The molecule has 0 fully saturated rings. The zero-order valence-corrected chi connectivity index (χ0v) is 10.9. The average Bonchev–Trinajstić information content (AvgIpc) is 2.24. The van der Waals surface area contributed by atoms with Gasteiger partial charge in [-0.3, -0.25) is 0 Å². The van der Waals surface area contributed by atoms with E-state index in [4.69, 9.17) is 11.6 Å². The molecular weight excluding hydrogens is 312 g/mol. The van der Waals surface area contributed by atoms with Crippen molar-refractivity contribution in [1.82, 2.24) is 9.97 Å². The molecule has 0 aliphatic carbocycles. The third-order valence-corrected chi connectivity index (χ3v) is 2.32. The number of halogens is 7. The van der Waals surface area contributed by atoms with E-state index < -0.39 is 35.7 Å². The van der Waals surface area contributed by atoms with E-state index in [1.54, 1.807) is 6.92 Å². The Morgan fingerprint density at radius 3 is 2.20 bits per heavy atom. The first-order valence-corrected chi connectivity index (χ1v) is 5.84. The van der Waals surface area contributed by atoms with Crippen molar-refractivity contribution in [3.8, 4) is 0 Å². The van der Waals surface area contributed by atoms with Crippen LogP contribution in [0.5, 0.6) is 0 Å². The SMILES string of the molecule is CCCN(CC(F)(F)F)c1cc(Cl)nc(C(F)(F)F)n1. The Bertz CT molecular complexity index is 459. The second-order valence-electron chi connectivity index (χ2n) is 3.91. The van der Waals surface area contributed by atoms with E-state index in [0.29, 0.717) is 11.3 Å². The van der Waals surface area contributed by atoms with Crippen molar-refractivity contribution in [2.45, 2.75) is 25.7 Å². The monoisotopic (exact) mass is 321 g/mol. The van der Waals surface area contributed by atoms with Crippen molar-refractivity contribution in [3.63, 3.8) is 0 Å². The molecule has 3 nitrogen and oxygen atoms in total. The summed E-state index contributed by atoms with van der Waals surface area (Å²) in [5.41, 5.74) is 0. The Morgan fingerprint density at radius 1 is 1.15 bits per heavy atom. The van der Waals surface area contributed by atoms with Crippen molar-refractivity contribution >= 4 is 17.4 Å². The summed E-state index contributed by atoms with van der Waals surface area (Å²) >= 11 is 5.41. The van der Waals surface area contributed by atoms with Crippen LogP contribution in [0, 0.1) is 0 Å². The van der Waals surface area contributed by atoms with E-state index >= 15 is 0 Å². The summed E-state index contributed by atoms with van der Waals surface area (Å²) in [5, 5.41) is -0.564. The van der Waals surface area contributed by atoms with Gasteiger partial charge in [-0.1, -0.05) is 18.5 Å². The molecule has 114 valence electrons. The van der Waals surface area contributed by atoms with Gasteiger partial charge in [0.25, 0.3) is 0 Å². The van der Waals surface area contributed by atoms with Crippen molar-refractivity contribution in [3.05, 3.63) is 17.0 Å². The highest BCUT2D eigenvalue weighted by Crippen LogP contribution is 2.30. The molecule has 0 atom stereocenters. The van der Waals surface area contributed by atoms with E-state index in [9.17, 15) is 26.3 Å². The lowest BCUT2D eigenvalue weighted by atomic mass is 10.3. The lowest BCUT2D eigenvalue weighted by molar-refractivity contribution is -0.144. The van der Waals surface area contributed by atoms with Crippen LogP contribution in [0.1, 0.15) is 19.2 Å². The molecule has 0 bridgehead atoms. The zero-order valence-electron chi connectivity index (χ0n) is 10.2. The first-order chi connectivity index (χ1) is 9.03. The zero-order chi connectivity index (χ0) is 15.6. The van der Waals surface area contributed by atoms with Gasteiger partial charge in [0, 0.05) is 12.6 Å². The average molecular weight is 322 g/mol.